The van der Waals surface area contributed by atoms with Gasteiger partial charge in [0.25, 0.3) is 5.91 Å². The lowest BCUT2D eigenvalue weighted by molar-refractivity contribution is -0.130. The number of pyridine rings is 1. The molecule has 0 saturated carbocycles. The summed E-state index contributed by atoms with van der Waals surface area (Å²) in [4.78, 5) is 29.4. The summed E-state index contributed by atoms with van der Waals surface area (Å²) < 4.78 is 18.1. The smallest absolute Gasteiger partial charge is 0.259 e. The fraction of sp³-hybridized carbons (Fsp3) is 0.304. The van der Waals surface area contributed by atoms with Gasteiger partial charge in [0.15, 0.2) is 12.4 Å². The second-order valence-electron chi connectivity index (χ2n) is 8.04. The molecular formula is C23H23N5O3S. The Bertz CT molecular complexity index is 1170. The Hall–Kier alpha value is -3.17. The highest BCUT2D eigenvalue weighted by atomic mass is 32.2. The molecule has 164 valence electrons. The van der Waals surface area contributed by atoms with Gasteiger partial charge in [-0.2, -0.15) is 0 Å². The van der Waals surface area contributed by atoms with E-state index >= 15 is 0 Å². The van der Waals surface area contributed by atoms with Crippen molar-refractivity contribution in [3.05, 3.63) is 59.5 Å². The Morgan fingerprint density at radius 1 is 1.25 bits per heavy atom. The van der Waals surface area contributed by atoms with E-state index in [1.165, 1.54) is 10.5 Å². The number of aromatic nitrogens is 3. The van der Waals surface area contributed by atoms with Crippen molar-refractivity contribution in [2.24, 2.45) is 0 Å². The number of benzene rings is 1. The number of amides is 1. The molecule has 0 aliphatic carbocycles. The van der Waals surface area contributed by atoms with Gasteiger partial charge >= 0.3 is 0 Å². The van der Waals surface area contributed by atoms with Crippen molar-refractivity contribution in [3.8, 4) is 17.1 Å². The van der Waals surface area contributed by atoms with Crippen molar-refractivity contribution in [1.29, 1.82) is 0 Å². The van der Waals surface area contributed by atoms with Crippen LogP contribution in [0.25, 0.3) is 11.4 Å². The number of fused-ring (bicyclic) bond motifs is 2. The third-order valence-electron chi connectivity index (χ3n) is 5.66. The lowest BCUT2D eigenvalue weighted by Crippen LogP contribution is -2.27. The summed E-state index contributed by atoms with van der Waals surface area (Å²) >= 11 is -0.981. The van der Waals surface area contributed by atoms with E-state index in [0.29, 0.717) is 23.1 Å². The molecule has 0 spiro atoms. The van der Waals surface area contributed by atoms with E-state index < -0.39 is 11.2 Å². The fourth-order valence-corrected chi connectivity index (χ4v) is 5.20. The summed E-state index contributed by atoms with van der Waals surface area (Å²) in [5.74, 6) is 2.81. The molecule has 1 amide bonds. The van der Waals surface area contributed by atoms with Crippen LogP contribution < -0.4 is 9.64 Å². The van der Waals surface area contributed by atoms with Crippen molar-refractivity contribution in [2.45, 2.75) is 17.9 Å². The number of hydrogen-bond acceptors (Lipinski definition) is 7. The third-order valence-corrected chi connectivity index (χ3v) is 6.87. The van der Waals surface area contributed by atoms with Crippen LogP contribution in [0.3, 0.4) is 0 Å². The topological polar surface area (TPSA) is 94.5 Å². The molecule has 1 aromatic carbocycles. The highest BCUT2D eigenvalue weighted by Crippen LogP contribution is 2.41. The second kappa shape index (κ2) is 8.40. The minimum absolute atomic E-state index is 0.0151. The molecule has 0 fully saturated rings. The number of rotatable bonds is 5. The third kappa shape index (κ3) is 3.89. The molecule has 0 saturated heterocycles. The van der Waals surface area contributed by atoms with E-state index in [1.807, 2.05) is 30.3 Å². The van der Waals surface area contributed by atoms with Crippen molar-refractivity contribution in [3.63, 3.8) is 0 Å². The Labute approximate surface area is 189 Å². The maximum atomic E-state index is 12.4. The van der Waals surface area contributed by atoms with E-state index in [2.05, 4.69) is 9.88 Å². The van der Waals surface area contributed by atoms with Crippen molar-refractivity contribution >= 4 is 28.6 Å². The summed E-state index contributed by atoms with van der Waals surface area (Å²) in [6, 6.07) is 9.66. The van der Waals surface area contributed by atoms with E-state index in [9.17, 15) is 9.35 Å². The molecular weight excluding hydrogens is 426 g/mol. The van der Waals surface area contributed by atoms with Gasteiger partial charge in [-0.25, -0.2) is 9.97 Å². The van der Waals surface area contributed by atoms with Gasteiger partial charge in [-0.15, -0.1) is 0 Å². The van der Waals surface area contributed by atoms with Crippen LogP contribution >= 0.6 is 0 Å². The van der Waals surface area contributed by atoms with Crippen LogP contribution in [0.1, 0.15) is 16.8 Å². The monoisotopic (exact) mass is 449 g/mol. The quantitative estimate of drug-likeness (QED) is 0.552. The molecule has 0 radical (unpaired) electrons. The average Bonchev–Trinajstić information content (AvgIpc) is 3.39. The summed E-state index contributed by atoms with van der Waals surface area (Å²) in [5.41, 5.74) is 4.79. The van der Waals surface area contributed by atoms with Crippen molar-refractivity contribution < 1.29 is 14.1 Å². The van der Waals surface area contributed by atoms with Crippen LogP contribution in [-0.2, 0) is 33.9 Å². The largest absolute Gasteiger partial charge is 0.616 e. The Balaban J connectivity index is 1.52. The molecule has 5 rings (SSSR count). The van der Waals surface area contributed by atoms with Gasteiger partial charge in [0.1, 0.15) is 28.8 Å². The molecule has 2 aliphatic rings. The zero-order valence-corrected chi connectivity index (χ0v) is 18.8. The highest BCUT2D eigenvalue weighted by molar-refractivity contribution is 7.90. The average molecular weight is 450 g/mol. The van der Waals surface area contributed by atoms with Gasteiger partial charge in [0.2, 0.25) is 0 Å². The predicted octanol–water partition coefficient (Wildman–Crippen LogP) is 2.46. The molecule has 9 heteroatoms. The van der Waals surface area contributed by atoms with Crippen LogP contribution in [0.5, 0.6) is 5.75 Å². The summed E-state index contributed by atoms with van der Waals surface area (Å²) in [6.45, 7) is 0.747. The Morgan fingerprint density at radius 2 is 2.12 bits per heavy atom. The number of nitrogens with zero attached hydrogens (tertiary/aromatic N) is 5. The first-order valence-corrected chi connectivity index (χ1v) is 11.9. The number of carbonyl (C=O) groups is 1. The molecule has 2 aromatic heterocycles. The Morgan fingerprint density at radius 3 is 2.91 bits per heavy atom. The Kier molecular flexibility index (Phi) is 5.44. The van der Waals surface area contributed by atoms with E-state index in [4.69, 9.17) is 14.7 Å². The van der Waals surface area contributed by atoms with E-state index in [1.54, 1.807) is 26.5 Å². The zero-order valence-electron chi connectivity index (χ0n) is 17.9. The molecule has 2 aliphatic heterocycles. The normalized spacial score (nSPS) is 16.6. The molecule has 3 aromatic rings. The minimum atomic E-state index is -0.981. The van der Waals surface area contributed by atoms with Crippen LogP contribution in [0.15, 0.2) is 42.7 Å². The van der Waals surface area contributed by atoms with Crippen LogP contribution in [0, 0.1) is 0 Å². The van der Waals surface area contributed by atoms with Crippen molar-refractivity contribution in [1.82, 2.24) is 19.9 Å². The summed E-state index contributed by atoms with van der Waals surface area (Å²) in [5, 5.41) is 0. The van der Waals surface area contributed by atoms with Gasteiger partial charge < -0.3 is 19.1 Å². The lowest BCUT2D eigenvalue weighted by atomic mass is 10.1. The van der Waals surface area contributed by atoms with Crippen LogP contribution in [0.4, 0.5) is 11.5 Å². The van der Waals surface area contributed by atoms with Crippen LogP contribution in [-0.4, -0.2) is 57.6 Å². The first-order valence-electron chi connectivity index (χ1n) is 10.4. The number of carbonyl (C=O) groups excluding carboxylic acids is 1. The number of likely N-dealkylation sites (N-methyl/N-ethyl adjacent to an activating group) is 1. The standard InChI is InChI=1S/C23H23N5O3S/c1-27(2)21(29)12-31-17-6-5-15-7-9-28(20(15)10-17)23-18-13-32(30)14-19(18)25-22(26-23)16-4-3-8-24-11-16/h3-6,8,10-11H,7,9,12-14H2,1-2H3. The summed E-state index contributed by atoms with van der Waals surface area (Å²) in [6.07, 6.45) is 4.32. The van der Waals surface area contributed by atoms with Gasteiger partial charge in [-0.05, 0) is 41.4 Å². The zero-order chi connectivity index (χ0) is 22.2. The van der Waals surface area contributed by atoms with E-state index in [0.717, 1.165) is 41.3 Å². The number of hydrogen-bond donors (Lipinski definition) is 0. The SMILES string of the molecule is CN(C)C(=O)COc1ccc2c(c1)N(c1nc(-c3cccnc3)nc3c1C[S+]([O-])C3)CC2. The maximum Gasteiger partial charge on any atom is 0.259 e. The van der Waals surface area contributed by atoms with Gasteiger partial charge in [0.05, 0.1) is 5.56 Å². The first-order chi connectivity index (χ1) is 15.5. The predicted molar refractivity (Wildman–Crippen MR) is 122 cm³/mol. The molecule has 8 nitrogen and oxygen atoms in total. The van der Waals surface area contributed by atoms with Gasteiger partial charge in [-0.1, -0.05) is 6.07 Å². The molecule has 32 heavy (non-hydrogen) atoms. The highest BCUT2D eigenvalue weighted by Gasteiger charge is 2.33. The lowest BCUT2D eigenvalue weighted by Gasteiger charge is -2.22. The number of anilines is 2. The molecule has 4 heterocycles. The first kappa shape index (κ1) is 20.7. The van der Waals surface area contributed by atoms with Crippen LogP contribution in [0.2, 0.25) is 0 Å². The molecule has 1 atom stereocenters. The minimum Gasteiger partial charge on any atom is -0.616 e. The van der Waals surface area contributed by atoms with Gasteiger partial charge in [0, 0.05) is 50.4 Å². The van der Waals surface area contributed by atoms with E-state index in [-0.39, 0.29) is 12.5 Å². The fourth-order valence-electron chi connectivity index (χ4n) is 3.94. The number of ether oxygens (including phenoxy) is 1. The molecule has 0 N–H and O–H groups in total. The maximum absolute atomic E-state index is 12.4. The van der Waals surface area contributed by atoms with Gasteiger partial charge in [-0.3, -0.25) is 9.78 Å². The molecule has 1 unspecified atom stereocenters. The van der Waals surface area contributed by atoms with Crippen molar-refractivity contribution in [2.75, 3.05) is 32.1 Å². The molecule has 0 bridgehead atoms. The second-order valence-corrected chi connectivity index (χ2v) is 9.49. The summed E-state index contributed by atoms with van der Waals surface area (Å²) in [7, 11) is 3.41.